The maximum Gasteiger partial charge on any atom is 0.235 e. The molecule has 1 unspecified atom stereocenters. The predicted octanol–water partition coefficient (Wildman–Crippen LogP) is 0.986. The molecule has 0 spiro atoms. The maximum absolute atomic E-state index is 12.3. The van der Waals surface area contributed by atoms with E-state index < -0.39 is 11.2 Å². The Kier molecular flexibility index (Phi) is 9.04. The number of nitrogens with one attached hydrogen (secondary N) is 1. The Morgan fingerprint density at radius 1 is 1.29 bits per heavy atom. The minimum atomic E-state index is -0.759. The normalized spacial score (nSPS) is 16.1. The van der Waals surface area contributed by atoms with Gasteiger partial charge in [-0.1, -0.05) is 49.0 Å². The zero-order valence-electron chi connectivity index (χ0n) is 19.4. The van der Waals surface area contributed by atoms with Crippen molar-refractivity contribution in [1.29, 1.82) is 10.5 Å². The van der Waals surface area contributed by atoms with Crippen LogP contribution in [0.25, 0.3) is 0 Å². The minimum Gasteiger partial charge on any atom is -0.373 e. The number of hydrogen-bond donors (Lipinski definition) is 3. The number of nitrogens with two attached hydrogens (primary N) is 2. The van der Waals surface area contributed by atoms with Gasteiger partial charge in [0.25, 0.3) is 0 Å². The maximum atomic E-state index is 12.3. The molecule has 1 aliphatic rings. The molecule has 0 aliphatic carbocycles. The van der Waals surface area contributed by atoms with Crippen LogP contribution in [0.1, 0.15) is 34.4 Å². The number of ether oxygens (including phenoxy) is 1. The first-order chi connectivity index (χ1) is 16.9. The Balaban J connectivity index is 2.02. The Hall–Kier alpha value is -3.64. The number of primary amides is 1. The highest BCUT2D eigenvalue weighted by molar-refractivity contribution is 8.00. The Morgan fingerprint density at radius 3 is 2.60 bits per heavy atom. The number of rotatable bonds is 9. The summed E-state index contributed by atoms with van der Waals surface area (Å²) in [5, 5.41) is 22.2. The van der Waals surface area contributed by atoms with Crippen LogP contribution >= 0.6 is 11.8 Å². The van der Waals surface area contributed by atoms with Gasteiger partial charge in [-0.05, 0) is 17.5 Å². The van der Waals surface area contributed by atoms with E-state index in [-0.39, 0.29) is 30.7 Å². The molecule has 0 radical (unpaired) electrons. The quantitative estimate of drug-likeness (QED) is 0.431. The second kappa shape index (κ2) is 12.2. The molecule has 2 amide bonds. The number of morpholine rings is 1. The number of nitrogens with zero attached hydrogens (tertiary/aromatic N) is 4. The van der Waals surface area contributed by atoms with Gasteiger partial charge in [0, 0.05) is 19.6 Å². The van der Waals surface area contributed by atoms with Crippen LogP contribution < -0.4 is 21.7 Å². The van der Waals surface area contributed by atoms with E-state index in [1.54, 1.807) is 12.1 Å². The van der Waals surface area contributed by atoms with Crippen molar-refractivity contribution in [3.63, 3.8) is 0 Å². The van der Waals surface area contributed by atoms with Crippen molar-refractivity contribution in [3.05, 3.63) is 52.6 Å². The molecule has 5 N–H and O–H groups in total. The van der Waals surface area contributed by atoms with Crippen molar-refractivity contribution in [1.82, 2.24) is 10.3 Å². The van der Waals surface area contributed by atoms with E-state index in [0.29, 0.717) is 53.7 Å². The van der Waals surface area contributed by atoms with Gasteiger partial charge in [-0.3, -0.25) is 9.59 Å². The number of benzene rings is 1. The van der Waals surface area contributed by atoms with Gasteiger partial charge in [0.2, 0.25) is 11.8 Å². The average molecular weight is 494 g/mol. The van der Waals surface area contributed by atoms with Gasteiger partial charge in [0.1, 0.15) is 28.2 Å². The highest BCUT2D eigenvalue weighted by Crippen LogP contribution is 2.39. The molecule has 0 saturated carbocycles. The molecule has 1 aromatic carbocycles. The highest BCUT2D eigenvalue weighted by Gasteiger charge is 2.29. The summed E-state index contributed by atoms with van der Waals surface area (Å²) < 4.78 is 5.76. The number of thioether (sulfide) groups is 1. The van der Waals surface area contributed by atoms with E-state index >= 15 is 0 Å². The lowest BCUT2D eigenvalue weighted by molar-refractivity contribution is -0.120. The third kappa shape index (κ3) is 6.08. The van der Waals surface area contributed by atoms with Crippen LogP contribution in [0.3, 0.4) is 0 Å². The molecular formula is C24H27N7O3S. The molecule has 0 bridgehead atoms. The number of aromatic nitrogens is 1. The number of amides is 2. The van der Waals surface area contributed by atoms with E-state index in [0.717, 1.165) is 11.8 Å². The van der Waals surface area contributed by atoms with Gasteiger partial charge >= 0.3 is 0 Å². The number of carbonyl (C=O) groups is 2. The Labute approximate surface area is 208 Å². The summed E-state index contributed by atoms with van der Waals surface area (Å²) in [7, 11) is 0. The first kappa shape index (κ1) is 26.0. The van der Waals surface area contributed by atoms with Crippen molar-refractivity contribution in [2.75, 3.05) is 37.7 Å². The average Bonchev–Trinajstić information content (AvgIpc) is 2.89. The summed E-state index contributed by atoms with van der Waals surface area (Å²) in [6.45, 7) is 3.24. The van der Waals surface area contributed by atoms with Crippen LogP contribution in [-0.2, 0) is 20.7 Å². The van der Waals surface area contributed by atoms with E-state index in [9.17, 15) is 20.1 Å². The molecule has 3 rings (SSSR count). The molecule has 11 heteroatoms. The minimum absolute atomic E-state index is 0.116. The first-order valence-corrected chi connectivity index (χ1v) is 12.0. The highest BCUT2D eigenvalue weighted by atomic mass is 32.2. The fourth-order valence-corrected chi connectivity index (χ4v) is 4.92. The topological polar surface area (TPSA) is 171 Å². The van der Waals surface area contributed by atoms with Crippen molar-refractivity contribution < 1.29 is 14.3 Å². The first-order valence-electron chi connectivity index (χ1n) is 11.1. The van der Waals surface area contributed by atoms with Gasteiger partial charge in [-0.2, -0.15) is 10.5 Å². The van der Waals surface area contributed by atoms with E-state index in [4.69, 9.17) is 21.2 Å². The number of carbonyl (C=O) groups excluding carboxylic acids is 2. The lowest BCUT2D eigenvalue weighted by Crippen LogP contribution is -2.48. The van der Waals surface area contributed by atoms with Gasteiger partial charge < -0.3 is 26.4 Å². The van der Waals surface area contributed by atoms with Crippen LogP contribution in [0, 0.1) is 22.7 Å². The van der Waals surface area contributed by atoms with E-state index in [1.807, 2.05) is 30.0 Å². The lowest BCUT2D eigenvalue weighted by atomic mass is 10.0. The number of hydrogen-bond acceptors (Lipinski definition) is 9. The van der Waals surface area contributed by atoms with Gasteiger partial charge in [-0.15, -0.1) is 0 Å². The monoisotopic (exact) mass is 493 g/mol. The lowest BCUT2D eigenvalue weighted by Gasteiger charge is -2.35. The van der Waals surface area contributed by atoms with Crippen LogP contribution in [0.4, 0.5) is 5.82 Å². The summed E-state index contributed by atoms with van der Waals surface area (Å²) in [4.78, 5) is 30.5. The van der Waals surface area contributed by atoms with Gasteiger partial charge in [-0.25, -0.2) is 4.98 Å². The summed E-state index contributed by atoms with van der Waals surface area (Å²) in [6.07, 6.45) is 0.106. The predicted molar refractivity (Wildman–Crippen MR) is 131 cm³/mol. The molecular weight excluding hydrogens is 466 g/mol. The molecule has 1 saturated heterocycles. The molecule has 182 valence electrons. The largest absolute Gasteiger partial charge is 0.373 e. The summed E-state index contributed by atoms with van der Waals surface area (Å²) in [6, 6.07) is 13.4. The molecule has 2 atom stereocenters. The third-order valence-corrected chi connectivity index (χ3v) is 6.83. The number of nitriles is 2. The van der Waals surface area contributed by atoms with Crippen molar-refractivity contribution in [2.24, 2.45) is 11.5 Å². The summed E-state index contributed by atoms with van der Waals surface area (Å²) in [5.74, 6) is -0.427. The smallest absolute Gasteiger partial charge is 0.235 e. The standard InChI is InChI=1S/C24H27N7O3S/c1-2-17-18(10-25)23(31-8-9-34-16(14-31)13-29-20(32)12-27)30-24(19(17)11-26)35-21(22(28)33)15-6-4-3-5-7-15/h3-7,16,21H,2,8-9,12-14,27H2,1H3,(H2,28,33)(H,29,32)/t16-,21?/m1/s1. The second-order valence-electron chi connectivity index (χ2n) is 7.80. The van der Waals surface area contributed by atoms with Crippen LogP contribution in [0.2, 0.25) is 0 Å². The molecule has 2 aromatic rings. The molecule has 1 aromatic heterocycles. The zero-order chi connectivity index (χ0) is 25.4. The molecule has 1 fully saturated rings. The fourth-order valence-electron chi connectivity index (χ4n) is 3.86. The SMILES string of the molecule is CCc1c(C#N)c(SC(C(N)=O)c2ccccc2)nc(N2CCO[C@H](CNC(=O)CN)C2)c1C#N. The summed E-state index contributed by atoms with van der Waals surface area (Å²) in [5.41, 5.74) is 12.9. The molecule has 10 nitrogen and oxygen atoms in total. The Bertz CT molecular complexity index is 1160. The zero-order valence-corrected chi connectivity index (χ0v) is 20.2. The summed E-state index contributed by atoms with van der Waals surface area (Å²) >= 11 is 1.10. The van der Waals surface area contributed by atoms with Gasteiger partial charge in [0.05, 0.1) is 30.4 Å². The number of anilines is 1. The van der Waals surface area contributed by atoms with Gasteiger partial charge in [0.15, 0.2) is 0 Å². The molecule has 2 heterocycles. The fraction of sp³-hybridized carbons (Fsp3) is 0.375. The van der Waals surface area contributed by atoms with Crippen LogP contribution in [0.5, 0.6) is 0 Å². The van der Waals surface area contributed by atoms with Crippen LogP contribution in [-0.4, -0.2) is 55.7 Å². The van der Waals surface area contributed by atoms with E-state index in [2.05, 4.69) is 17.5 Å². The molecule has 1 aliphatic heterocycles. The van der Waals surface area contributed by atoms with Crippen molar-refractivity contribution >= 4 is 29.4 Å². The number of pyridine rings is 1. The van der Waals surface area contributed by atoms with E-state index in [1.165, 1.54) is 0 Å². The third-order valence-electron chi connectivity index (χ3n) is 5.57. The second-order valence-corrected chi connectivity index (χ2v) is 8.90. The van der Waals surface area contributed by atoms with Crippen molar-refractivity contribution in [3.8, 4) is 12.1 Å². The Morgan fingerprint density at radius 2 is 2.00 bits per heavy atom. The van der Waals surface area contributed by atoms with Crippen molar-refractivity contribution in [2.45, 2.75) is 29.7 Å². The molecule has 35 heavy (non-hydrogen) atoms. The van der Waals surface area contributed by atoms with Crippen LogP contribution in [0.15, 0.2) is 35.4 Å².